The Kier molecular flexibility index (Phi) is 4.88. The van der Waals surface area contributed by atoms with Crippen molar-refractivity contribution < 1.29 is 4.74 Å². The zero-order valence-corrected chi connectivity index (χ0v) is 12.5. The average molecular weight is 291 g/mol. The Balaban J connectivity index is 2.30. The molecule has 4 heteroatoms. The van der Waals surface area contributed by atoms with Gasteiger partial charge in [0, 0.05) is 30.4 Å². The van der Waals surface area contributed by atoms with Crippen LogP contribution in [0.25, 0.3) is 0 Å². The van der Waals surface area contributed by atoms with Gasteiger partial charge >= 0.3 is 0 Å². The van der Waals surface area contributed by atoms with Crippen LogP contribution in [0.3, 0.4) is 0 Å². The van der Waals surface area contributed by atoms with Gasteiger partial charge in [-0.25, -0.2) is 0 Å². The van der Waals surface area contributed by atoms with Crippen LogP contribution in [0.4, 0.5) is 5.69 Å². The van der Waals surface area contributed by atoms with Crippen molar-refractivity contribution in [3.63, 3.8) is 0 Å². The Morgan fingerprint density at radius 3 is 2.60 bits per heavy atom. The molecule has 3 nitrogen and oxygen atoms in total. The molecule has 2 rings (SSSR count). The second-order valence-corrected chi connectivity index (χ2v) is 5.06. The summed E-state index contributed by atoms with van der Waals surface area (Å²) in [5.74, 6) is 0.830. The SMILES string of the molecule is COc1cccc(N(C)C(CN)c2cccc(Cl)c2)c1. The second kappa shape index (κ2) is 6.64. The number of benzene rings is 2. The third kappa shape index (κ3) is 3.24. The van der Waals surface area contributed by atoms with Gasteiger partial charge in [0.25, 0.3) is 0 Å². The molecule has 0 amide bonds. The topological polar surface area (TPSA) is 38.5 Å². The number of halogens is 1. The summed E-state index contributed by atoms with van der Waals surface area (Å²) in [6.45, 7) is 0.508. The molecule has 20 heavy (non-hydrogen) atoms. The standard InChI is InChI=1S/C16H19ClN2O/c1-19(14-7-4-8-15(10-14)20-2)16(11-18)12-5-3-6-13(17)9-12/h3-10,16H,11,18H2,1-2H3. The van der Waals surface area contributed by atoms with Gasteiger partial charge in [0.05, 0.1) is 13.2 Å². The molecule has 1 atom stereocenters. The monoisotopic (exact) mass is 290 g/mol. The molecule has 2 aromatic carbocycles. The number of nitrogens with two attached hydrogens (primary N) is 1. The fraction of sp³-hybridized carbons (Fsp3) is 0.250. The molecule has 0 aromatic heterocycles. The first kappa shape index (κ1) is 14.7. The Labute approximate surface area is 124 Å². The molecular formula is C16H19ClN2O. The number of rotatable bonds is 5. The Morgan fingerprint density at radius 2 is 1.95 bits per heavy atom. The number of nitrogens with zero attached hydrogens (tertiary/aromatic N) is 1. The van der Waals surface area contributed by atoms with E-state index in [1.54, 1.807) is 7.11 Å². The molecule has 0 aliphatic heterocycles. The van der Waals surface area contributed by atoms with Gasteiger partial charge in [-0.15, -0.1) is 0 Å². The van der Waals surface area contributed by atoms with Crippen LogP contribution in [0.5, 0.6) is 5.75 Å². The molecule has 0 aliphatic carbocycles. The Morgan fingerprint density at radius 1 is 1.20 bits per heavy atom. The van der Waals surface area contributed by atoms with Gasteiger partial charge < -0.3 is 15.4 Å². The number of likely N-dealkylation sites (N-methyl/N-ethyl adjacent to an activating group) is 1. The normalized spacial score (nSPS) is 12.0. The summed E-state index contributed by atoms with van der Waals surface area (Å²) in [4.78, 5) is 2.13. The van der Waals surface area contributed by atoms with E-state index < -0.39 is 0 Å². The molecule has 0 radical (unpaired) electrons. The number of hydrogen-bond acceptors (Lipinski definition) is 3. The maximum atomic E-state index is 6.06. The average Bonchev–Trinajstić information content (AvgIpc) is 2.48. The van der Waals surface area contributed by atoms with Crippen LogP contribution in [0.1, 0.15) is 11.6 Å². The van der Waals surface area contributed by atoms with Crippen LogP contribution < -0.4 is 15.4 Å². The predicted octanol–water partition coefficient (Wildman–Crippen LogP) is 3.48. The summed E-state index contributed by atoms with van der Waals surface area (Å²) in [6, 6.07) is 15.8. The van der Waals surface area contributed by atoms with Crippen LogP contribution in [0.2, 0.25) is 5.02 Å². The van der Waals surface area contributed by atoms with Crippen LogP contribution in [0, 0.1) is 0 Å². The molecule has 2 N–H and O–H groups in total. The summed E-state index contributed by atoms with van der Waals surface area (Å²) < 4.78 is 5.26. The van der Waals surface area contributed by atoms with E-state index in [4.69, 9.17) is 22.1 Å². The fourth-order valence-corrected chi connectivity index (χ4v) is 2.44. The summed E-state index contributed by atoms with van der Waals surface area (Å²) >= 11 is 6.06. The molecule has 0 aliphatic rings. The van der Waals surface area contributed by atoms with Gasteiger partial charge in [-0.05, 0) is 29.8 Å². The molecule has 106 valence electrons. The maximum Gasteiger partial charge on any atom is 0.120 e. The first-order valence-electron chi connectivity index (χ1n) is 6.48. The molecule has 0 fully saturated rings. The quantitative estimate of drug-likeness (QED) is 0.916. The number of methoxy groups -OCH3 is 1. The first-order chi connectivity index (χ1) is 9.65. The van der Waals surface area contributed by atoms with E-state index in [1.807, 2.05) is 55.6 Å². The molecule has 2 aromatic rings. The molecule has 0 saturated heterocycles. The van der Waals surface area contributed by atoms with Crippen molar-refractivity contribution in [3.8, 4) is 5.75 Å². The largest absolute Gasteiger partial charge is 0.497 e. The Hall–Kier alpha value is -1.71. The highest BCUT2D eigenvalue weighted by molar-refractivity contribution is 6.30. The molecule has 0 saturated carbocycles. The lowest BCUT2D eigenvalue weighted by Gasteiger charge is -2.30. The number of ether oxygens (including phenoxy) is 1. The zero-order valence-electron chi connectivity index (χ0n) is 11.7. The Bertz CT molecular complexity index is 574. The van der Waals surface area contributed by atoms with Gasteiger partial charge in [0.15, 0.2) is 0 Å². The van der Waals surface area contributed by atoms with E-state index in [1.165, 1.54) is 0 Å². The third-order valence-electron chi connectivity index (χ3n) is 3.38. The summed E-state index contributed by atoms with van der Waals surface area (Å²) in [5, 5.41) is 0.722. The first-order valence-corrected chi connectivity index (χ1v) is 6.86. The smallest absolute Gasteiger partial charge is 0.120 e. The van der Waals surface area contributed by atoms with Gasteiger partial charge in [-0.2, -0.15) is 0 Å². The highest BCUT2D eigenvalue weighted by atomic mass is 35.5. The van der Waals surface area contributed by atoms with Gasteiger partial charge in [0.2, 0.25) is 0 Å². The van der Waals surface area contributed by atoms with E-state index in [0.29, 0.717) is 6.54 Å². The van der Waals surface area contributed by atoms with Crippen LogP contribution in [0.15, 0.2) is 48.5 Å². The van der Waals surface area contributed by atoms with Crippen molar-refractivity contribution in [1.29, 1.82) is 0 Å². The van der Waals surface area contributed by atoms with Gasteiger partial charge in [-0.3, -0.25) is 0 Å². The van der Waals surface area contributed by atoms with Crippen molar-refractivity contribution in [1.82, 2.24) is 0 Å². The summed E-state index contributed by atoms with van der Waals surface area (Å²) in [6.07, 6.45) is 0. The van der Waals surface area contributed by atoms with E-state index in [0.717, 1.165) is 22.0 Å². The van der Waals surface area contributed by atoms with E-state index in [2.05, 4.69) is 4.90 Å². The highest BCUT2D eigenvalue weighted by Crippen LogP contribution is 2.28. The lowest BCUT2D eigenvalue weighted by Crippen LogP contribution is -2.30. The van der Waals surface area contributed by atoms with Gasteiger partial charge in [-0.1, -0.05) is 29.8 Å². The lowest BCUT2D eigenvalue weighted by molar-refractivity contribution is 0.414. The highest BCUT2D eigenvalue weighted by Gasteiger charge is 2.16. The van der Waals surface area contributed by atoms with Crippen molar-refractivity contribution in [2.75, 3.05) is 25.6 Å². The molecular weight excluding hydrogens is 272 g/mol. The zero-order chi connectivity index (χ0) is 14.5. The molecule has 1 unspecified atom stereocenters. The minimum absolute atomic E-state index is 0.0702. The van der Waals surface area contributed by atoms with Gasteiger partial charge in [0.1, 0.15) is 5.75 Å². The fourth-order valence-electron chi connectivity index (χ4n) is 2.24. The van der Waals surface area contributed by atoms with Crippen molar-refractivity contribution >= 4 is 17.3 Å². The summed E-state index contributed by atoms with van der Waals surface area (Å²) in [5.41, 5.74) is 8.11. The van der Waals surface area contributed by atoms with Crippen molar-refractivity contribution in [3.05, 3.63) is 59.1 Å². The van der Waals surface area contributed by atoms with Crippen LogP contribution in [-0.4, -0.2) is 20.7 Å². The third-order valence-corrected chi connectivity index (χ3v) is 3.62. The maximum absolute atomic E-state index is 6.06. The predicted molar refractivity (Wildman–Crippen MR) is 84.6 cm³/mol. The molecule has 0 spiro atoms. The minimum atomic E-state index is 0.0702. The minimum Gasteiger partial charge on any atom is -0.497 e. The van der Waals surface area contributed by atoms with Crippen LogP contribution in [-0.2, 0) is 0 Å². The second-order valence-electron chi connectivity index (χ2n) is 4.62. The van der Waals surface area contributed by atoms with E-state index in [-0.39, 0.29) is 6.04 Å². The van der Waals surface area contributed by atoms with E-state index >= 15 is 0 Å². The molecule has 0 bridgehead atoms. The lowest BCUT2D eigenvalue weighted by atomic mass is 10.1. The van der Waals surface area contributed by atoms with Crippen molar-refractivity contribution in [2.24, 2.45) is 5.73 Å². The van der Waals surface area contributed by atoms with Crippen LogP contribution >= 0.6 is 11.6 Å². The molecule has 0 heterocycles. The van der Waals surface area contributed by atoms with Crippen molar-refractivity contribution in [2.45, 2.75) is 6.04 Å². The summed E-state index contributed by atoms with van der Waals surface area (Å²) in [7, 11) is 3.68. The number of hydrogen-bond donors (Lipinski definition) is 1. The van der Waals surface area contributed by atoms with E-state index in [9.17, 15) is 0 Å². The number of anilines is 1.